The van der Waals surface area contributed by atoms with Crippen molar-refractivity contribution in [3.05, 3.63) is 108 Å². The minimum atomic E-state index is -1.38. The quantitative estimate of drug-likeness (QED) is 0.267. The Morgan fingerprint density at radius 3 is 1.58 bits per heavy atom. The van der Waals surface area contributed by atoms with Crippen LogP contribution in [-0.2, 0) is 18.9 Å². The summed E-state index contributed by atoms with van der Waals surface area (Å²) in [4.78, 5) is 38.2. The first kappa shape index (κ1) is 25.6. The van der Waals surface area contributed by atoms with Crippen molar-refractivity contribution >= 4 is 33.8 Å². The van der Waals surface area contributed by atoms with Crippen LogP contribution in [0, 0.1) is 0 Å². The molecule has 0 bridgehead atoms. The average molecular weight is 555 g/mol. The third kappa shape index (κ3) is 6.17. The molecule has 5 atom stereocenters. The van der Waals surface area contributed by atoms with Crippen LogP contribution in [0.2, 0.25) is 0 Å². The summed E-state index contributed by atoms with van der Waals surface area (Å²) in [6, 6.07) is 24.8. The Balaban J connectivity index is 1.57. The smallest absolute Gasteiger partial charge is 0.338 e. The van der Waals surface area contributed by atoms with E-state index in [1.165, 1.54) is 0 Å². The second kappa shape index (κ2) is 11.9. The molecule has 8 nitrogen and oxygen atoms in total. The van der Waals surface area contributed by atoms with E-state index in [9.17, 15) is 19.5 Å². The molecule has 1 N–H and O–H groups in total. The molecule has 1 saturated heterocycles. The van der Waals surface area contributed by atoms with Gasteiger partial charge in [0.25, 0.3) is 0 Å². The summed E-state index contributed by atoms with van der Waals surface area (Å²) in [5.41, 5.74) is 0.831. The molecule has 0 spiro atoms. The number of carbonyl (C=O) groups excluding carboxylic acids is 3. The van der Waals surface area contributed by atoms with Crippen molar-refractivity contribution < 1.29 is 38.4 Å². The number of esters is 3. The monoisotopic (exact) mass is 554 g/mol. The van der Waals surface area contributed by atoms with E-state index in [2.05, 4.69) is 15.9 Å². The molecule has 3 aromatic carbocycles. The van der Waals surface area contributed by atoms with Gasteiger partial charge in [0.2, 0.25) is 0 Å². The van der Waals surface area contributed by atoms with Crippen LogP contribution in [0.1, 0.15) is 31.1 Å². The summed E-state index contributed by atoms with van der Waals surface area (Å²) in [5, 5.41) is 9.82. The molecule has 1 fully saturated rings. The van der Waals surface area contributed by atoms with Crippen LogP contribution in [0.5, 0.6) is 0 Å². The number of carbonyl (C=O) groups is 3. The van der Waals surface area contributed by atoms with Gasteiger partial charge in [-0.3, -0.25) is 0 Å². The SMILES string of the molecule is O=C(OC[C@H]1O[C@H](Br)[C@H](O)[C@@H](OC(=O)c2ccccc2)[C@H]1OC(=O)c1ccccc1)c1ccccc1. The average Bonchev–Trinajstić information content (AvgIpc) is 2.92. The van der Waals surface area contributed by atoms with Crippen molar-refractivity contribution in [2.75, 3.05) is 6.61 Å². The predicted molar refractivity (Wildman–Crippen MR) is 132 cm³/mol. The van der Waals surface area contributed by atoms with Crippen LogP contribution in [0.15, 0.2) is 91.0 Å². The molecule has 0 aromatic heterocycles. The van der Waals surface area contributed by atoms with Gasteiger partial charge in [-0.1, -0.05) is 70.5 Å². The predicted octanol–water partition coefficient (Wildman–Crippen LogP) is 3.78. The molecule has 36 heavy (non-hydrogen) atoms. The molecule has 186 valence electrons. The summed E-state index contributed by atoms with van der Waals surface area (Å²) in [6.45, 7) is -0.325. The number of rotatable bonds is 7. The van der Waals surface area contributed by atoms with E-state index in [4.69, 9.17) is 18.9 Å². The first-order valence-corrected chi connectivity index (χ1v) is 12.1. The summed E-state index contributed by atoms with van der Waals surface area (Å²) in [7, 11) is 0. The third-order valence-electron chi connectivity index (χ3n) is 5.49. The molecule has 3 aromatic rings. The zero-order valence-corrected chi connectivity index (χ0v) is 20.5. The van der Waals surface area contributed by atoms with Gasteiger partial charge in [0.15, 0.2) is 12.2 Å². The van der Waals surface area contributed by atoms with E-state index in [-0.39, 0.29) is 17.7 Å². The highest BCUT2D eigenvalue weighted by Gasteiger charge is 2.49. The second-order valence-electron chi connectivity index (χ2n) is 7.95. The third-order valence-corrected chi connectivity index (χ3v) is 6.25. The first-order chi connectivity index (χ1) is 17.4. The normalized spacial score (nSPS) is 23.3. The van der Waals surface area contributed by atoms with Gasteiger partial charge in [0.1, 0.15) is 23.8 Å². The first-order valence-electron chi connectivity index (χ1n) is 11.2. The minimum Gasteiger partial charge on any atom is -0.459 e. The van der Waals surface area contributed by atoms with Crippen LogP contribution in [0.4, 0.5) is 0 Å². The molecular formula is C27H23BrO8. The Hall–Kier alpha value is -3.53. The van der Waals surface area contributed by atoms with Crippen LogP contribution in [-0.4, -0.2) is 59.1 Å². The number of halogens is 1. The number of hydrogen-bond acceptors (Lipinski definition) is 8. The van der Waals surface area contributed by atoms with Gasteiger partial charge in [-0.2, -0.15) is 0 Å². The Morgan fingerprint density at radius 2 is 1.11 bits per heavy atom. The highest BCUT2D eigenvalue weighted by molar-refractivity contribution is 9.09. The van der Waals surface area contributed by atoms with E-state index in [1.807, 2.05) is 0 Å². The second-order valence-corrected chi connectivity index (χ2v) is 8.86. The maximum absolute atomic E-state index is 12.9. The van der Waals surface area contributed by atoms with E-state index in [0.29, 0.717) is 5.56 Å². The fraction of sp³-hybridized carbons (Fsp3) is 0.222. The number of aliphatic hydroxyl groups excluding tert-OH is 1. The molecule has 0 amide bonds. The summed E-state index contributed by atoms with van der Waals surface area (Å²) in [6.07, 6.45) is -5.03. The highest BCUT2D eigenvalue weighted by atomic mass is 79.9. The Bertz CT molecular complexity index is 1170. The van der Waals surface area contributed by atoms with E-state index in [0.717, 1.165) is 0 Å². The van der Waals surface area contributed by atoms with Crippen molar-refractivity contribution in [1.29, 1.82) is 0 Å². The molecule has 0 radical (unpaired) electrons. The van der Waals surface area contributed by atoms with Crippen molar-refractivity contribution in [2.24, 2.45) is 0 Å². The van der Waals surface area contributed by atoms with E-state index < -0.39 is 47.3 Å². The molecule has 1 heterocycles. The summed E-state index contributed by atoms with van der Waals surface area (Å²) in [5.74, 6) is -2.05. The van der Waals surface area contributed by atoms with Crippen molar-refractivity contribution in [2.45, 2.75) is 29.4 Å². The molecule has 9 heteroatoms. The zero-order chi connectivity index (χ0) is 25.5. The van der Waals surface area contributed by atoms with E-state index in [1.54, 1.807) is 91.0 Å². The van der Waals surface area contributed by atoms with Crippen LogP contribution >= 0.6 is 15.9 Å². The van der Waals surface area contributed by atoms with Gasteiger partial charge in [-0.05, 0) is 36.4 Å². The van der Waals surface area contributed by atoms with Gasteiger partial charge in [-0.15, -0.1) is 0 Å². The van der Waals surface area contributed by atoms with Gasteiger partial charge < -0.3 is 24.1 Å². The number of hydrogen-bond donors (Lipinski definition) is 1. The lowest BCUT2D eigenvalue weighted by molar-refractivity contribution is -0.205. The van der Waals surface area contributed by atoms with Crippen LogP contribution in [0.3, 0.4) is 0 Å². The van der Waals surface area contributed by atoms with Crippen molar-refractivity contribution in [3.63, 3.8) is 0 Å². The van der Waals surface area contributed by atoms with E-state index >= 15 is 0 Å². The van der Waals surface area contributed by atoms with Crippen molar-refractivity contribution in [3.8, 4) is 0 Å². The summed E-state index contributed by atoms with van der Waals surface area (Å²) >= 11 is 3.23. The Morgan fingerprint density at radius 1 is 0.694 bits per heavy atom. The van der Waals surface area contributed by atoms with Crippen molar-refractivity contribution in [1.82, 2.24) is 0 Å². The fourth-order valence-corrected chi connectivity index (χ4v) is 4.22. The highest BCUT2D eigenvalue weighted by Crippen LogP contribution is 2.30. The number of benzene rings is 3. The van der Waals surface area contributed by atoms with Gasteiger partial charge >= 0.3 is 17.9 Å². The van der Waals surface area contributed by atoms with Gasteiger partial charge in [0, 0.05) is 0 Å². The maximum Gasteiger partial charge on any atom is 0.338 e. The topological polar surface area (TPSA) is 108 Å². The molecular weight excluding hydrogens is 532 g/mol. The maximum atomic E-state index is 12.9. The van der Waals surface area contributed by atoms with Gasteiger partial charge in [-0.25, -0.2) is 14.4 Å². The fourth-order valence-electron chi connectivity index (χ4n) is 3.64. The molecule has 4 rings (SSSR count). The molecule has 1 aliphatic rings. The lowest BCUT2D eigenvalue weighted by Gasteiger charge is -2.41. The molecule has 1 aliphatic heterocycles. The zero-order valence-electron chi connectivity index (χ0n) is 18.9. The number of aliphatic hydroxyl groups is 1. The van der Waals surface area contributed by atoms with Crippen LogP contribution in [0.25, 0.3) is 0 Å². The minimum absolute atomic E-state index is 0.251. The van der Waals surface area contributed by atoms with Gasteiger partial charge in [0.05, 0.1) is 16.7 Å². The lowest BCUT2D eigenvalue weighted by Crippen LogP contribution is -2.60. The standard InChI is InChI=1S/C27H23BrO8/c28-24-21(29)23(36-27(32)19-14-8-3-9-15-19)22(35-26(31)18-12-6-2-7-13-18)20(34-24)16-33-25(30)17-10-4-1-5-11-17/h1-15,20-24,29H,16H2/t20-,21-,22+,23-,24+/m1/s1. The van der Waals surface area contributed by atoms with Crippen LogP contribution < -0.4 is 0 Å². The Kier molecular flexibility index (Phi) is 8.48. The lowest BCUT2D eigenvalue weighted by atomic mass is 9.99. The molecule has 0 unspecified atom stereocenters. The summed E-state index contributed by atoms with van der Waals surface area (Å²) < 4.78 is 22.5. The number of ether oxygens (including phenoxy) is 4. The largest absolute Gasteiger partial charge is 0.459 e. The molecule has 0 saturated carbocycles. The number of alkyl halides is 1. The Labute approximate surface area is 215 Å². The molecule has 0 aliphatic carbocycles.